The summed E-state index contributed by atoms with van der Waals surface area (Å²) >= 11 is 4.65. The van der Waals surface area contributed by atoms with Gasteiger partial charge in [0.1, 0.15) is 5.82 Å². The van der Waals surface area contributed by atoms with E-state index in [1.165, 1.54) is 28.0 Å². The van der Waals surface area contributed by atoms with E-state index in [1.807, 2.05) is 24.3 Å². The monoisotopic (exact) mass is 500 g/mol. The van der Waals surface area contributed by atoms with E-state index in [1.54, 1.807) is 32.1 Å². The van der Waals surface area contributed by atoms with Crippen LogP contribution in [0, 0.1) is 5.82 Å². The maximum Gasteiger partial charge on any atom is 0.338 e. The van der Waals surface area contributed by atoms with E-state index >= 15 is 0 Å². The van der Waals surface area contributed by atoms with Crippen molar-refractivity contribution < 1.29 is 13.9 Å². The highest BCUT2D eigenvalue weighted by Crippen LogP contribution is 2.31. The number of nitrogens with zero attached hydrogens (tertiary/aromatic N) is 2. The molecule has 31 heavy (non-hydrogen) atoms. The summed E-state index contributed by atoms with van der Waals surface area (Å²) in [4.78, 5) is 31.2. The van der Waals surface area contributed by atoms with E-state index in [4.69, 9.17) is 4.74 Å². The number of ether oxygens (including phenoxy) is 1. The van der Waals surface area contributed by atoms with Crippen molar-refractivity contribution >= 4 is 39.3 Å². The molecule has 1 aliphatic heterocycles. The van der Waals surface area contributed by atoms with Crippen molar-refractivity contribution in [2.24, 2.45) is 4.99 Å². The third-order valence-corrected chi connectivity index (χ3v) is 6.38. The Hall–Kier alpha value is -2.84. The van der Waals surface area contributed by atoms with Crippen molar-refractivity contribution in [1.82, 2.24) is 4.57 Å². The number of fused-ring (bicyclic) bond motifs is 1. The molecular formula is C23H18BrFN2O3S. The molecule has 5 nitrogen and oxygen atoms in total. The number of hydrogen-bond donors (Lipinski definition) is 0. The Morgan fingerprint density at radius 3 is 2.55 bits per heavy atom. The fourth-order valence-electron chi connectivity index (χ4n) is 3.46. The molecule has 8 heteroatoms. The predicted molar refractivity (Wildman–Crippen MR) is 121 cm³/mol. The first kappa shape index (κ1) is 21.4. The van der Waals surface area contributed by atoms with Crippen molar-refractivity contribution in [3.8, 4) is 0 Å². The molecule has 1 aromatic heterocycles. The Balaban J connectivity index is 1.94. The largest absolute Gasteiger partial charge is 0.463 e. The van der Waals surface area contributed by atoms with E-state index in [2.05, 4.69) is 20.9 Å². The highest BCUT2D eigenvalue weighted by molar-refractivity contribution is 9.10. The second kappa shape index (κ2) is 8.72. The lowest BCUT2D eigenvalue weighted by molar-refractivity contribution is -0.139. The van der Waals surface area contributed by atoms with Gasteiger partial charge >= 0.3 is 5.97 Å². The number of benzene rings is 2. The van der Waals surface area contributed by atoms with E-state index in [9.17, 15) is 14.0 Å². The third-order valence-electron chi connectivity index (χ3n) is 4.87. The van der Waals surface area contributed by atoms with Gasteiger partial charge in [-0.1, -0.05) is 51.5 Å². The molecule has 2 aromatic carbocycles. The standard InChI is InChI=1S/C23H18BrFN2O3S/c1-3-30-22(29)19-13(2)26-23-27(20(19)15-6-8-16(24)9-7-15)21(28)18(31-23)12-14-4-10-17(25)11-5-14/h4-12,20H,3H2,1-2H3. The molecule has 158 valence electrons. The summed E-state index contributed by atoms with van der Waals surface area (Å²) in [5.41, 5.74) is 2.06. The molecule has 1 unspecified atom stereocenters. The first-order chi connectivity index (χ1) is 14.9. The number of aromatic nitrogens is 1. The van der Waals surface area contributed by atoms with Crippen LogP contribution in [0.15, 0.2) is 74.1 Å². The smallest absolute Gasteiger partial charge is 0.338 e. The van der Waals surface area contributed by atoms with Crippen molar-refractivity contribution in [3.05, 3.63) is 101 Å². The van der Waals surface area contributed by atoms with Gasteiger partial charge in [-0.15, -0.1) is 0 Å². The normalized spacial score (nSPS) is 16.1. The first-order valence-corrected chi connectivity index (χ1v) is 11.2. The summed E-state index contributed by atoms with van der Waals surface area (Å²) < 4.78 is 21.4. The minimum atomic E-state index is -0.654. The van der Waals surface area contributed by atoms with Crippen LogP contribution in [-0.2, 0) is 9.53 Å². The number of allylic oxidation sites excluding steroid dienone is 1. The molecule has 0 bridgehead atoms. The number of rotatable bonds is 4. The van der Waals surface area contributed by atoms with Gasteiger partial charge in [0.25, 0.3) is 5.56 Å². The van der Waals surface area contributed by atoms with Crippen LogP contribution in [0.1, 0.15) is 31.0 Å². The van der Waals surface area contributed by atoms with Crippen molar-refractivity contribution in [2.45, 2.75) is 19.9 Å². The van der Waals surface area contributed by atoms with Crippen LogP contribution in [0.4, 0.5) is 4.39 Å². The molecule has 3 aromatic rings. The molecule has 2 heterocycles. The Bertz CT molecular complexity index is 1360. The van der Waals surface area contributed by atoms with Crippen LogP contribution in [0.2, 0.25) is 0 Å². The van der Waals surface area contributed by atoms with Gasteiger partial charge in [0.15, 0.2) is 4.80 Å². The molecule has 0 amide bonds. The molecule has 0 spiro atoms. The lowest BCUT2D eigenvalue weighted by atomic mass is 9.96. The number of carbonyl (C=O) groups excluding carboxylic acids is 1. The van der Waals surface area contributed by atoms with E-state index in [0.29, 0.717) is 26.2 Å². The van der Waals surface area contributed by atoms with Crippen LogP contribution in [0.5, 0.6) is 0 Å². The number of hydrogen-bond acceptors (Lipinski definition) is 5. The molecule has 0 aliphatic carbocycles. The molecule has 0 fully saturated rings. The summed E-state index contributed by atoms with van der Waals surface area (Å²) in [7, 11) is 0. The molecule has 0 N–H and O–H groups in total. The zero-order chi connectivity index (χ0) is 22.1. The molecule has 0 saturated carbocycles. The van der Waals surface area contributed by atoms with Crippen LogP contribution in [-0.4, -0.2) is 17.1 Å². The minimum absolute atomic E-state index is 0.220. The maximum absolute atomic E-state index is 13.4. The van der Waals surface area contributed by atoms with Gasteiger partial charge in [-0.05, 0) is 55.3 Å². The number of esters is 1. The van der Waals surface area contributed by atoms with Crippen LogP contribution in [0.3, 0.4) is 0 Å². The molecular weight excluding hydrogens is 483 g/mol. The van der Waals surface area contributed by atoms with Crippen LogP contribution >= 0.6 is 27.3 Å². The lowest BCUT2D eigenvalue weighted by Crippen LogP contribution is -2.39. The predicted octanol–water partition coefficient (Wildman–Crippen LogP) is 3.70. The molecule has 1 atom stereocenters. The van der Waals surface area contributed by atoms with Gasteiger partial charge in [0.2, 0.25) is 0 Å². The lowest BCUT2D eigenvalue weighted by Gasteiger charge is -2.24. The fraction of sp³-hybridized carbons (Fsp3) is 0.174. The molecule has 0 saturated heterocycles. The van der Waals surface area contributed by atoms with E-state index < -0.39 is 12.0 Å². The summed E-state index contributed by atoms with van der Waals surface area (Å²) in [6.07, 6.45) is 1.70. The average molecular weight is 501 g/mol. The molecule has 0 radical (unpaired) electrons. The first-order valence-electron chi connectivity index (χ1n) is 9.59. The van der Waals surface area contributed by atoms with Gasteiger partial charge in [-0.25, -0.2) is 14.2 Å². The SMILES string of the molecule is CCOC(=O)C1=C(C)N=c2sc(=Cc3ccc(F)cc3)c(=O)n2C1c1ccc(Br)cc1. The van der Waals surface area contributed by atoms with E-state index in [-0.39, 0.29) is 18.0 Å². The summed E-state index contributed by atoms with van der Waals surface area (Å²) in [5, 5.41) is 0. The summed E-state index contributed by atoms with van der Waals surface area (Å²) in [6.45, 7) is 3.70. The minimum Gasteiger partial charge on any atom is -0.463 e. The molecule has 1 aliphatic rings. The van der Waals surface area contributed by atoms with Gasteiger partial charge in [-0.3, -0.25) is 9.36 Å². The van der Waals surface area contributed by atoms with E-state index in [0.717, 1.165) is 10.0 Å². The van der Waals surface area contributed by atoms with Gasteiger partial charge in [0, 0.05) is 4.47 Å². The number of halogens is 2. The van der Waals surface area contributed by atoms with Crippen LogP contribution < -0.4 is 14.9 Å². The Morgan fingerprint density at radius 2 is 1.90 bits per heavy atom. The Labute approximate surface area is 190 Å². The maximum atomic E-state index is 13.4. The summed E-state index contributed by atoms with van der Waals surface area (Å²) in [5.74, 6) is -0.840. The molecule has 4 rings (SSSR count). The van der Waals surface area contributed by atoms with Crippen molar-refractivity contribution in [1.29, 1.82) is 0 Å². The number of carbonyl (C=O) groups is 1. The van der Waals surface area contributed by atoms with Gasteiger partial charge < -0.3 is 4.74 Å². The highest BCUT2D eigenvalue weighted by Gasteiger charge is 2.33. The van der Waals surface area contributed by atoms with Gasteiger partial charge in [0.05, 0.1) is 28.5 Å². The summed E-state index contributed by atoms with van der Waals surface area (Å²) in [6, 6.07) is 12.7. The third kappa shape index (κ3) is 4.18. The second-order valence-corrected chi connectivity index (χ2v) is 8.83. The zero-order valence-electron chi connectivity index (χ0n) is 16.8. The quantitative estimate of drug-likeness (QED) is 0.513. The van der Waals surface area contributed by atoms with Crippen molar-refractivity contribution in [3.63, 3.8) is 0 Å². The Morgan fingerprint density at radius 1 is 1.23 bits per heavy atom. The fourth-order valence-corrected chi connectivity index (χ4v) is 4.77. The second-order valence-electron chi connectivity index (χ2n) is 6.91. The highest BCUT2D eigenvalue weighted by atomic mass is 79.9. The zero-order valence-corrected chi connectivity index (χ0v) is 19.2. The van der Waals surface area contributed by atoms with Gasteiger partial charge in [-0.2, -0.15) is 0 Å². The Kier molecular flexibility index (Phi) is 6.02. The van der Waals surface area contributed by atoms with Crippen molar-refractivity contribution in [2.75, 3.05) is 6.61 Å². The topological polar surface area (TPSA) is 60.7 Å². The average Bonchev–Trinajstić information content (AvgIpc) is 3.04. The number of thiazole rings is 1. The van der Waals surface area contributed by atoms with Crippen LogP contribution in [0.25, 0.3) is 6.08 Å².